The molecule has 1 atom stereocenters. The molecule has 0 aliphatic carbocycles. The van der Waals surface area contributed by atoms with E-state index in [1.54, 1.807) is 21.0 Å². The molecule has 0 aromatic rings. The molecule has 0 unspecified atom stereocenters. The van der Waals surface area contributed by atoms with E-state index in [2.05, 4.69) is 0 Å². The van der Waals surface area contributed by atoms with Gasteiger partial charge in [0.15, 0.2) is 0 Å². The van der Waals surface area contributed by atoms with Gasteiger partial charge < -0.3 is 9.47 Å². The van der Waals surface area contributed by atoms with E-state index >= 15 is 0 Å². The summed E-state index contributed by atoms with van der Waals surface area (Å²) in [6, 6.07) is 0. The van der Waals surface area contributed by atoms with Gasteiger partial charge in [0.2, 0.25) is 0 Å². The lowest BCUT2D eigenvalue weighted by molar-refractivity contribution is -0.149. The molecule has 10 heavy (non-hydrogen) atoms. The molecule has 0 rings (SSSR count). The first-order chi connectivity index (χ1) is 4.72. The van der Waals surface area contributed by atoms with Crippen molar-refractivity contribution < 1.29 is 14.3 Å². The topological polar surface area (TPSA) is 35.5 Å². The largest absolute Gasteiger partial charge is 0.466 e. The van der Waals surface area contributed by atoms with Gasteiger partial charge in [-0.3, -0.25) is 4.79 Å². The molecule has 3 heteroatoms. The fraction of sp³-hybridized carbons (Fsp3) is 0.857. The zero-order valence-electron chi connectivity index (χ0n) is 6.72. The SMILES string of the molecule is CCOC(=O)[C@H](C)COC. The maximum absolute atomic E-state index is 10.8. The van der Waals surface area contributed by atoms with E-state index in [-0.39, 0.29) is 11.9 Å². The molecular weight excluding hydrogens is 132 g/mol. The van der Waals surface area contributed by atoms with Crippen LogP contribution in [0.25, 0.3) is 0 Å². The normalized spacial score (nSPS) is 12.7. The molecule has 0 aromatic heterocycles. The average Bonchev–Trinajstić information content (AvgIpc) is 1.89. The third-order valence-electron chi connectivity index (χ3n) is 1.11. The van der Waals surface area contributed by atoms with Crippen molar-refractivity contribution in [2.45, 2.75) is 13.8 Å². The third kappa shape index (κ3) is 3.45. The molecule has 0 amide bonds. The molecular formula is C7H14O3. The fourth-order valence-electron chi connectivity index (χ4n) is 0.603. The minimum atomic E-state index is -0.190. The van der Waals surface area contributed by atoms with Gasteiger partial charge >= 0.3 is 5.97 Å². The molecule has 0 aliphatic rings. The summed E-state index contributed by atoms with van der Waals surface area (Å²) in [5.74, 6) is -0.339. The molecule has 60 valence electrons. The molecule has 0 aromatic carbocycles. The van der Waals surface area contributed by atoms with Crippen molar-refractivity contribution in [1.29, 1.82) is 0 Å². The first kappa shape index (κ1) is 9.43. The predicted octanol–water partition coefficient (Wildman–Crippen LogP) is 0.832. The summed E-state index contributed by atoms with van der Waals surface area (Å²) in [5, 5.41) is 0. The molecule has 0 aliphatic heterocycles. The summed E-state index contributed by atoms with van der Waals surface area (Å²) >= 11 is 0. The number of hydrogen-bond donors (Lipinski definition) is 0. The molecule has 0 bridgehead atoms. The number of ether oxygens (including phenoxy) is 2. The van der Waals surface area contributed by atoms with Crippen LogP contribution in [0.5, 0.6) is 0 Å². The van der Waals surface area contributed by atoms with Crippen LogP contribution in [0.1, 0.15) is 13.8 Å². The van der Waals surface area contributed by atoms with Crippen molar-refractivity contribution in [3.05, 3.63) is 0 Å². The molecule has 0 radical (unpaired) electrons. The molecule has 3 nitrogen and oxygen atoms in total. The van der Waals surface area contributed by atoms with Crippen molar-refractivity contribution in [3.63, 3.8) is 0 Å². The number of rotatable bonds is 4. The Hall–Kier alpha value is -0.570. The van der Waals surface area contributed by atoms with Gasteiger partial charge in [0.05, 0.1) is 19.1 Å². The lowest BCUT2D eigenvalue weighted by atomic mass is 10.2. The minimum Gasteiger partial charge on any atom is -0.466 e. The van der Waals surface area contributed by atoms with Gasteiger partial charge in [0.1, 0.15) is 0 Å². The fourth-order valence-corrected chi connectivity index (χ4v) is 0.603. The van der Waals surface area contributed by atoms with Crippen molar-refractivity contribution in [3.8, 4) is 0 Å². The molecule has 0 N–H and O–H groups in total. The van der Waals surface area contributed by atoms with Crippen molar-refractivity contribution in [2.75, 3.05) is 20.3 Å². The van der Waals surface area contributed by atoms with Crippen LogP contribution in [0.4, 0.5) is 0 Å². The highest BCUT2D eigenvalue weighted by Crippen LogP contribution is 1.97. The van der Waals surface area contributed by atoms with Gasteiger partial charge in [-0.1, -0.05) is 0 Å². The summed E-state index contributed by atoms with van der Waals surface area (Å²) in [6.07, 6.45) is 0. The highest BCUT2D eigenvalue weighted by molar-refractivity contribution is 5.72. The van der Waals surface area contributed by atoms with Crippen LogP contribution in [-0.2, 0) is 14.3 Å². The Labute approximate surface area is 61.3 Å². The summed E-state index contributed by atoms with van der Waals surface area (Å²) in [5.41, 5.74) is 0. The molecule has 0 heterocycles. The molecule has 0 spiro atoms. The number of esters is 1. The summed E-state index contributed by atoms with van der Waals surface area (Å²) in [6.45, 7) is 4.44. The Bertz CT molecular complexity index is 101. The van der Waals surface area contributed by atoms with E-state index in [0.717, 1.165) is 0 Å². The summed E-state index contributed by atoms with van der Waals surface area (Å²) in [7, 11) is 1.57. The van der Waals surface area contributed by atoms with Crippen LogP contribution in [-0.4, -0.2) is 26.3 Å². The highest BCUT2D eigenvalue weighted by atomic mass is 16.5. The van der Waals surface area contributed by atoms with E-state index in [9.17, 15) is 4.79 Å². The smallest absolute Gasteiger partial charge is 0.310 e. The first-order valence-electron chi connectivity index (χ1n) is 3.38. The molecule has 0 saturated heterocycles. The zero-order chi connectivity index (χ0) is 7.98. The van der Waals surface area contributed by atoms with Gasteiger partial charge in [0, 0.05) is 7.11 Å². The Kier molecular flexibility index (Phi) is 4.94. The number of hydrogen-bond acceptors (Lipinski definition) is 3. The quantitative estimate of drug-likeness (QED) is 0.551. The summed E-state index contributed by atoms with van der Waals surface area (Å²) < 4.78 is 9.51. The first-order valence-corrected chi connectivity index (χ1v) is 3.38. The molecule has 0 fully saturated rings. The van der Waals surface area contributed by atoms with Gasteiger partial charge in [-0.2, -0.15) is 0 Å². The lowest BCUT2D eigenvalue weighted by Crippen LogP contribution is -2.18. The second kappa shape index (κ2) is 5.23. The van der Waals surface area contributed by atoms with Crippen LogP contribution in [0.2, 0.25) is 0 Å². The standard InChI is InChI=1S/C7H14O3/c1-4-10-7(8)6(2)5-9-3/h6H,4-5H2,1-3H3/t6-/m1/s1. The Morgan fingerprint density at radius 1 is 1.60 bits per heavy atom. The van der Waals surface area contributed by atoms with E-state index in [4.69, 9.17) is 9.47 Å². The molecule has 0 saturated carbocycles. The Balaban J connectivity index is 3.49. The van der Waals surface area contributed by atoms with Gasteiger partial charge in [-0.05, 0) is 13.8 Å². The van der Waals surface area contributed by atoms with Gasteiger partial charge in [-0.25, -0.2) is 0 Å². The van der Waals surface area contributed by atoms with Crippen LogP contribution in [0.15, 0.2) is 0 Å². The van der Waals surface area contributed by atoms with Crippen LogP contribution in [0, 0.1) is 5.92 Å². The highest BCUT2D eigenvalue weighted by Gasteiger charge is 2.12. The third-order valence-corrected chi connectivity index (χ3v) is 1.11. The minimum absolute atomic E-state index is 0.148. The second-order valence-corrected chi connectivity index (χ2v) is 2.11. The van der Waals surface area contributed by atoms with Crippen molar-refractivity contribution in [1.82, 2.24) is 0 Å². The van der Waals surface area contributed by atoms with Crippen LogP contribution in [0.3, 0.4) is 0 Å². The van der Waals surface area contributed by atoms with E-state index in [1.165, 1.54) is 0 Å². The number of carbonyl (C=O) groups is 1. The number of carbonyl (C=O) groups excluding carboxylic acids is 1. The van der Waals surface area contributed by atoms with Crippen LogP contribution >= 0.6 is 0 Å². The van der Waals surface area contributed by atoms with Crippen LogP contribution < -0.4 is 0 Å². The lowest BCUT2D eigenvalue weighted by Gasteiger charge is -2.07. The Morgan fingerprint density at radius 2 is 2.20 bits per heavy atom. The zero-order valence-corrected chi connectivity index (χ0v) is 6.72. The monoisotopic (exact) mass is 146 g/mol. The maximum Gasteiger partial charge on any atom is 0.310 e. The summed E-state index contributed by atoms with van der Waals surface area (Å²) in [4.78, 5) is 10.8. The van der Waals surface area contributed by atoms with Crippen molar-refractivity contribution in [2.24, 2.45) is 5.92 Å². The van der Waals surface area contributed by atoms with E-state index in [0.29, 0.717) is 13.2 Å². The average molecular weight is 146 g/mol. The van der Waals surface area contributed by atoms with Gasteiger partial charge in [0.25, 0.3) is 0 Å². The van der Waals surface area contributed by atoms with E-state index < -0.39 is 0 Å². The Morgan fingerprint density at radius 3 is 2.60 bits per heavy atom. The van der Waals surface area contributed by atoms with Crippen molar-refractivity contribution >= 4 is 5.97 Å². The van der Waals surface area contributed by atoms with Gasteiger partial charge in [-0.15, -0.1) is 0 Å². The second-order valence-electron chi connectivity index (χ2n) is 2.11. The van der Waals surface area contributed by atoms with E-state index in [1.807, 2.05) is 0 Å². The maximum atomic E-state index is 10.8. The predicted molar refractivity (Wildman–Crippen MR) is 37.7 cm³/mol. The number of methoxy groups -OCH3 is 1.